The van der Waals surface area contributed by atoms with Gasteiger partial charge in [0.05, 0.1) is 5.02 Å². The molecule has 0 radical (unpaired) electrons. The number of thiol groups is 1. The van der Waals surface area contributed by atoms with Crippen molar-refractivity contribution in [2.45, 2.75) is 4.90 Å². The second-order valence-corrected chi connectivity index (χ2v) is 2.61. The molecule has 0 atom stereocenters. The van der Waals surface area contributed by atoms with Crippen molar-refractivity contribution >= 4 is 24.2 Å². The first kappa shape index (κ1) is 7.82. The third-order valence-electron chi connectivity index (χ3n) is 0.990. The van der Waals surface area contributed by atoms with E-state index in [4.69, 9.17) is 11.6 Å². The molecule has 4 heteroatoms. The fourth-order valence-corrected chi connectivity index (χ4v) is 0.945. The molecule has 0 N–H and O–H groups in total. The molecule has 0 heterocycles. The Morgan fingerprint density at radius 2 is 1.80 bits per heavy atom. The van der Waals surface area contributed by atoms with Gasteiger partial charge in [-0.25, -0.2) is 8.78 Å². The maximum Gasteiger partial charge on any atom is 0.144 e. The van der Waals surface area contributed by atoms with Crippen molar-refractivity contribution in [3.63, 3.8) is 0 Å². The van der Waals surface area contributed by atoms with Gasteiger partial charge in [0.2, 0.25) is 0 Å². The van der Waals surface area contributed by atoms with Crippen LogP contribution >= 0.6 is 24.2 Å². The third kappa shape index (κ3) is 1.41. The maximum absolute atomic E-state index is 12.4. The van der Waals surface area contributed by atoms with E-state index < -0.39 is 11.6 Å². The summed E-state index contributed by atoms with van der Waals surface area (Å²) in [5, 5.41) is -0.119. The lowest BCUT2D eigenvalue weighted by molar-refractivity contribution is 0.566. The molecule has 0 bridgehead atoms. The average molecular weight is 181 g/mol. The Hall–Kier alpha value is -0.280. The Balaban J connectivity index is 3.28. The number of benzene rings is 1. The summed E-state index contributed by atoms with van der Waals surface area (Å²) in [6.45, 7) is 0. The van der Waals surface area contributed by atoms with E-state index in [-0.39, 0.29) is 9.92 Å². The van der Waals surface area contributed by atoms with E-state index in [0.29, 0.717) is 6.07 Å². The first-order valence-electron chi connectivity index (χ1n) is 2.45. The molecular weight excluding hydrogens is 178 g/mol. The molecule has 0 aliphatic heterocycles. The predicted octanol–water partition coefficient (Wildman–Crippen LogP) is 2.91. The van der Waals surface area contributed by atoms with Crippen molar-refractivity contribution in [2.75, 3.05) is 0 Å². The van der Waals surface area contributed by atoms with Gasteiger partial charge >= 0.3 is 0 Å². The van der Waals surface area contributed by atoms with E-state index in [1.807, 2.05) is 0 Å². The smallest absolute Gasteiger partial charge is 0.144 e. The predicted molar refractivity (Wildman–Crippen MR) is 38.6 cm³/mol. The van der Waals surface area contributed by atoms with E-state index >= 15 is 0 Å². The first-order valence-corrected chi connectivity index (χ1v) is 3.27. The molecule has 0 aliphatic rings. The van der Waals surface area contributed by atoms with E-state index in [0.717, 1.165) is 6.07 Å². The Kier molecular flexibility index (Phi) is 2.16. The highest BCUT2D eigenvalue weighted by Crippen LogP contribution is 2.21. The SMILES string of the molecule is Fc1cc(F)c(Cl)cc1S. The quantitative estimate of drug-likeness (QED) is 0.461. The summed E-state index contributed by atoms with van der Waals surface area (Å²) in [5.74, 6) is -1.47. The number of rotatable bonds is 0. The van der Waals surface area contributed by atoms with Gasteiger partial charge in [-0.1, -0.05) is 11.6 Å². The van der Waals surface area contributed by atoms with Gasteiger partial charge in [-0.2, -0.15) is 0 Å². The summed E-state index contributed by atoms with van der Waals surface area (Å²) < 4.78 is 24.7. The summed E-state index contributed by atoms with van der Waals surface area (Å²) in [6, 6.07) is 1.82. The van der Waals surface area contributed by atoms with Crippen LogP contribution in [0.4, 0.5) is 8.78 Å². The van der Waals surface area contributed by atoms with Crippen LogP contribution in [-0.4, -0.2) is 0 Å². The largest absolute Gasteiger partial charge is 0.206 e. The molecule has 0 saturated heterocycles. The lowest BCUT2D eigenvalue weighted by Gasteiger charge is -1.96. The van der Waals surface area contributed by atoms with Gasteiger partial charge in [0, 0.05) is 11.0 Å². The van der Waals surface area contributed by atoms with E-state index in [1.165, 1.54) is 0 Å². The van der Waals surface area contributed by atoms with Gasteiger partial charge in [-0.3, -0.25) is 0 Å². The molecule has 0 unspecified atom stereocenters. The Bertz CT molecular complexity index is 212. The van der Waals surface area contributed by atoms with E-state index in [1.54, 1.807) is 0 Å². The van der Waals surface area contributed by atoms with Crippen LogP contribution < -0.4 is 0 Å². The molecule has 0 saturated carbocycles. The van der Waals surface area contributed by atoms with Gasteiger partial charge in [-0.15, -0.1) is 12.6 Å². The molecule has 1 aromatic carbocycles. The van der Waals surface area contributed by atoms with Crippen molar-refractivity contribution in [3.8, 4) is 0 Å². The minimum atomic E-state index is -0.767. The molecule has 0 fully saturated rings. The van der Waals surface area contributed by atoms with Crippen LogP contribution in [0.15, 0.2) is 17.0 Å². The third-order valence-corrected chi connectivity index (χ3v) is 1.62. The highest BCUT2D eigenvalue weighted by Gasteiger charge is 2.04. The number of hydrogen-bond donors (Lipinski definition) is 1. The summed E-state index contributed by atoms with van der Waals surface area (Å²) in [4.78, 5) is 0.0476. The lowest BCUT2D eigenvalue weighted by atomic mass is 10.3. The lowest BCUT2D eigenvalue weighted by Crippen LogP contribution is -1.82. The second kappa shape index (κ2) is 2.76. The van der Waals surface area contributed by atoms with Crippen LogP contribution in [0.3, 0.4) is 0 Å². The van der Waals surface area contributed by atoms with Crippen LogP contribution in [0, 0.1) is 11.6 Å². The van der Waals surface area contributed by atoms with Crippen LogP contribution in [-0.2, 0) is 0 Å². The topological polar surface area (TPSA) is 0 Å². The zero-order valence-corrected chi connectivity index (χ0v) is 6.39. The molecule has 0 nitrogen and oxygen atoms in total. The van der Waals surface area contributed by atoms with Crippen molar-refractivity contribution in [1.29, 1.82) is 0 Å². The van der Waals surface area contributed by atoms with Crippen molar-refractivity contribution < 1.29 is 8.78 Å². The summed E-state index contributed by atoms with van der Waals surface area (Å²) in [7, 11) is 0. The van der Waals surface area contributed by atoms with Crippen molar-refractivity contribution in [3.05, 3.63) is 28.8 Å². The molecule has 0 aromatic heterocycles. The molecule has 1 rings (SSSR count). The molecule has 0 spiro atoms. The highest BCUT2D eigenvalue weighted by molar-refractivity contribution is 7.80. The fraction of sp³-hybridized carbons (Fsp3) is 0. The molecular formula is C6H3ClF2S. The van der Waals surface area contributed by atoms with Gasteiger partial charge in [-0.05, 0) is 6.07 Å². The van der Waals surface area contributed by atoms with Gasteiger partial charge < -0.3 is 0 Å². The first-order chi connectivity index (χ1) is 4.61. The fourth-order valence-electron chi connectivity index (χ4n) is 0.512. The maximum atomic E-state index is 12.4. The normalized spacial score (nSPS) is 10.0. The van der Waals surface area contributed by atoms with Crippen molar-refractivity contribution in [1.82, 2.24) is 0 Å². The monoisotopic (exact) mass is 180 g/mol. The highest BCUT2D eigenvalue weighted by atomic mass is 35.5. The molecule has 0 aliphatic carbocycles. The Morgan fingerprint density at radius 3 is 2.30 bits per heavy atom. The second-order valence-electron chi connectivity index (χ2n) is 1.72. The Labute approximate surface area is 67.2 Å². The number of hydrogen-bond acceptors (Lipinski definition) is 1. The summed E-state index contributed by atoms with van der Waals surface area (Å²) in [5.41, 5.74) is 0. The van der Waals surface area contributed by atoms with Crippen molar-refractivity contribution in [2.24, 2.45) is 0 Å². The minimum Gasteiger partial charge on any atom is -0.206 e. The standard InChI is InChI=1S/C6H3ClF2S/c7-3-1-6(10)5(9)2-4(3)8/h1-2,10H. The summed E-state index contributed by atoms with van der Waals surface area (Å²) >= 11 is 8.98. The average Bonchev–Trinajstić information content (AvgIpc) is 1.84. The van der Waals surface area contributed by atoms with Crippen LogP contribution in [0.5, 0.6) is 0 Å². The minimum absolute atomic E-state index is 0.0476. The molecule has 10 heavy (non-hydrogen) atoms. The Morgan fingerprint density at radius 1 is 1.20 bits per heavy atom. The van der Waals surface area contributed by atoms with E-state index in [2.05, 4.69) is 12.6 Å². The zero-order valence-electron chi connectivity index (χ0n) is 4.74. The summed E-state index contributed by atoms with van der Waals surface area (Å²) in [6.07, 6.45) is 0. The van der Waals surface area contributed by atoms with Gasteiger partial charge in [0.15, 0.2) is 0 Å². The molecule has 1 aromatic rings. The van der Waals surface area contributed by atoms with Crippen LogP contribution in [0.25, 0.3) is 0 Å². The zero-order chi connectivity index (χ0) is 7.72. The van der Waals surface area contributed by atoms with Crippen LogP contribution in [0.2, 0.25) is 5.02 Å². The van der Waals surface area contributed by atoms with E-state index in [9.17, 15) is 8.78 Å². The number of halogens is 3. The molecule has 54 valence electrons. The van der Waals surface area contributed by atoms with Gasteiger partial charge in [0.1, 0.15) is 11.6 Å². The molecule has 0 amide bonds. The van der Waals surface area contributed by atoms with Crippen LogP contribution in [0.1, 0.15) is 0 Å². The van der Waals surface area contributed by atoms with Gasteiger partial charge in [0.25, 0.3) is 0 Å².